The van der Waals surface area contributed by atoms with E-state index in [1.807, 2.05) is 0 Å². The second-order valence-electron chi connectivity index (χ2n) is 14.5. The van der Waals surface area contributed by atoms with Gasteiger partial charge >= 0.3 is 0 Å². The largest absolute Gasteiger partial charge is 0.505 e. The lowest BCUT2D eigenvalue weighted by Gasteiger charge is -2.11. The van der Waals surface area contributed by atoms with Crippen molar-refractivity contribution in [3.8, 4) is 23.1 Å². The molecule has 33 heteroatoms. The number of aromatic hydroxyl groups is 2. The standard InChI is InChI=1S/C37H31N9O18S6/c1-18-4-7-26-33(34(18)69(58,59)60)65-37(39-26)45-42-28-16-31(64-10-3-11-66(49,50)51)29(12-19(28)2)43-40-25-8-6-24-23(32(25)47)5-9-27(35(24)70(61,62)63)41-44-30-17-38-46(36(30)48)20-13-21(67(52,53)54)15-22(14-20)68(55,56)57/h4-9,12-17,47-48H,3,10-11H2,1-2H3,(H,49,50,51)(H,52,53,54)(H,55,56,57)(H,58,59,60)(H,61,62,63). The first kappa shape index (κ1) is 51.1. The molecule has 0 aliphatic carbocycles. The molecule has 2 aromatic heterocycles. The quantitative estimate of drug-likeness (QED) is 0.0279. The highest BCUT2D eigenvalue weighted by molar-refractivity contribution is 7.87. The van der Waals surface area contributed by atoms with E-state index >= 15 is 0 Å². The van der Waals surface area contributed by atoms with E-state index in [2.05, 4.69) is 40.8 Å². The average molecular weight is 1080 g/mol. The Labute approximate surface area is 399 Å². The predicted molar refractivity (Wildman–Crippen MR) is 245 cm³/mol. The van der Waals surface area contributed by atoms with Crippen molar-refractivity contribution in [3.63, 3.8) is 0 Å². The summed E-state index contributed by atoms with van der Waals surface area (Å²) in [5, 5.41) is 49.5. The number of aromatic nitrogens is 3. The molecular formula is C37H31N9O18S6. The molecule has 0 amide bonds. The Balaban J connectivity index is 1.22. The number of ether oxygens (including phenoxy) is 1. The van der Waals surface area contributed by atoms with Crippen molar-refractivity contribution in [2.45, 2.75) is 39.9 Å². The van der Waals surface area contributed by atoms with Gasteiger partial charge in [-0.15, -0.1) is 30.7 Å². The first-order valence-electron chi connectivity index (χ1n) is 19.0. The summed E-state index contributed by atoms with van der Waals surface area (Å²) < 4.78 is 174. The predicted octanol–water partition coefficient (Wildman–Crippen LogP) is 7.55. The van der Waals surface area contributed by atoms with Gasteiger partial charge in [-0.3, -0.25) is 22.8 Å². The molecular weight excluding hydrogens is 1050 g/mol. The SMILES string of the molecule is Cc1cc(N=Nc2ccc3c(S(=O)(=O)O)c(N=Nc4cnn(-c5cc(S(=O)(=O)O)cc(S(=O)(=O)O)c5)c4O)ccc3c2O)c(OCCCS(=O)(=O)O)cc1N=Nc1nc2ccc(C)c(S(=O)(=O)O)c2s1. The van der Waals surface area contributed by atoms with Gasteiger partial charge < -0.3 is 14.9 Å². The Morgan fingerprint density at radius 2 is 1.19 bits per heavy atom. The van der Waals surface area contributed by atoms with Crippen LogP contribution in [0.25, 0.3) is 26.7 Å². The fraction of sp³-hybridized carbons (Fsp3) is 0.135. The normalized spacial score (nSPS) is 13.2. The molecule has 0 aliphatic heterocycles. The minimum Gasteiger partial charge on any atom is -0.505 e. The highest BCUT2D eigenvalue weighted by atomic mass is 32.2. The lowest BCUT2D eigenvalue weighted by atomic mass is 10.1. The maximum atomic E-state index is 12.8. The van der Waals surface area contributed by atoms with Gasteiger partial charge in [0.1, 0.15) is 32.6 Å². The van der Waals surface area contributed by atoms with Crippen LogP contribution in [0.4, 0.5) is 33.6 Å². The molecule has 0 radical (unpaired) electrons. The van der Waals surface area contributed by atoms with Crippen molar-refractivity contribution in [3.05, 3.63) is 84.1 Å². The van der Waals surface area contributed by atoms with E-state index in [0.29, 0.717) is 28.4 Å². The van der Waals surface area contributed by atoms with Gasteiger partial charge in [0.05, 0.1) is 49.9 Å². The lowest BCUT2D eigenvalue weighted by molar-refractivity contribution is 0.317. The molecule has 368 valence electrons. The van der Waals surface area contributed by atoms with Gasteiger partial charge in [-0.05, 0) is 79.9 Å². The highest BCUT2D eigenvalue weighted by Gasteiger charge is 2.25. The molecule has 0 atom stereocenters. The molecule has 5 aromatic carbocycles. The number of fused-ring (bicyclic) bond motifs is 2. The van der Waals surface area contributed by atoms with Crippen LogP contribution < -0.4 is 4.74 Å². The Bertz CT molecular complexity index is 3940. The van der Waals surface area contributed by atoms with Crippen LogP contribution in [0, 0.1) is 13.8 Å². The van der Waals surface area contributed by atoms with E-state index in [1.54, 1.807) is 6.92 Å². The number of rotatable bonds is 16. The molecule has 0 bridgehead atoms. The summed E-state index contributed by atoms with van der Waals surface area (Å²) in [4.78, 5) is 1.03. The summed E-state index contributed by atoms with van der Waals surface area (Å²) in [6, 6.07) is 12.0. The van der Waals surface area contributed by atoms with Crippen LogP contribution in [0.3, 0.4) is 0 Å². The summed E-state index contributed by atoms with van der Waals surface area (Å²) in [6.07, 6.45) is 0.652. The van der Waals surface area contributed by atoms with E-state index in [-0.39, 0.29) is 72.4 Å². The number of phenols is 1. The van der Waals surface area contributed by atoms with Crippen LogP contribution in [0.15, 0.2) is 123 Å². The van der Waals surface area contributed by atoms with Crippen LogP contribution in [-0.4, -0.2) is 102 Å². The van der Waals surface area contributed by atoms with Gasteiger partial charge in [-0.1, -0.05) is 23.5 Å². The zero-order chi connectivity index (χ0) is 51.3. The Morgan fingerprint density at radius 3 is 1.81 bits per heavy atom. The first-order valence-corrected chi connectivity index (χ1v) is 27.2. The van der Waals surface area contributed by atoms with Gasteiger partial charge in [0.25, 0.3) is 50.6 Å². The molecule has 0 fully saturated rings. The third-order valence-electron chi connectivity index (χ3n) is 9.58. The maximum Gasteiger partial charge on any atom is 0.297 e. The summed E-state index contributed by atoms with van der Waals surface area (Å²) in [7, 11) is -24.3. The van der Waals surface area contributed by atoms with Crippen LogP contribution >= 0.6 is 11.3 Å². The van der Waals surface area contributed by atoms with Gasteiger partial charge in [-0.2, -0.15) is 51.9 Å². The van der Waals surface area contributed by atoms with E-state index < -0.39 is 99.7 Å². The molecule has 0 spiro atoms. The fourth-order valence-corrected chi connectivity index (χ4v) is 11.1. The summed E-state index contributed by atoms with van der Waals surface area (Å²) in [5.74, 6) is -2.30. The van der Waals surface area contributed by atoms with E-state index in [4.69, 9.17) is 4.74 Å². The molecule has 7 aromatic rings. The minimum atomic E-state index is -5.20. The van der Waals surface area contributed by atoms with Crippen molar-refractivity contribution in [1.82, 2.24) is 14.8 Å². The maximum absolute atomic E-state index is 12.8. The van der Waals surface area contributed by atoms with Crippen LogP contribution in [0.2, 0.25) is 0 Å². The second-order valence-corrected chi connectivity index (χ2v) is 22.6. The zero-order valence-electron chi connectivity index (χ0n) is 35.1. The monoisotopic (exact) mass is 1080 g/mol. The fourth-order valence-electron chi connectivity index (χ4n) is 6.46. The zero-order valence-corrected chi connectivity index (χ0v) is 40.0. The number of aryl methyl sites for hydroxylation is 2. The van der Waals surface area contributed by atoms with E-state index in [9.17, 15) is 75.1 Å². The number of phenolic OH excluding ortho intramolecular Hbond substituents is 1. The van der Waals surface area contributed by atoms with Crippen molar-refractivity contribution in [2.24, 2.45) is 30.7 Å². The molecule has 7 rings (SSSR count). The second kappa shape index (κ2) is 18.8. The molecule has 7 N–H and O–H groups in total. The minimum absolute atomic E-state index is 0.0120. The van der Waals surface area contributed by atoms with Crippen LogP contribution in [0.5, 0.6) is 17.4 Å². The van der Waals surface area contributed by atoms with Gasteiger partial charge in [0.15, 0.2) is 11.4 Å². The Kier molecular flexibility index (Phi) is 13.7. The Hall–Kier alpha value is -6.79. The van der Waals surface area contributed by atoms with Gasteiger partial charge in [0, 0.05) is 16.8 Å². The van der Waals surface area contributed by atoms with E-state index in [0.717, 1.165) is 41.8 Å². The van der Waals surface area contributed by atoms with E-state index in [1.165, 1.54) is 31.2 Å². The molecule has 0 unspecified atom stereocenters. The third-order valence-corrected chi connectivity index (χ3v) is 15.1. The number of nitrogens with zero attached hydrogens (tertiary/aromatic N) is 9. The van der Waals surface area contributed by atoms with Crippen molar-refractivity contribution in [1.29, 1.82) is 0 Å². The summed E-state index contributed by atoms with van der Waals surface area (Å²) in [6.45, 7) is 2.81. The summed E-state index contributed by atoms with van der Waals surface area (Å²) in [5.41, 5.74) is -0.798. The molecule has 0 aliphatic rings. The average Bonchev–Trinajstić information content (AvgIpc) is 3.84. The van der Waals surface area contributed by atoms with Crippen molar-refractivity contribution < 1.29 is 79.8 Å². The third kappa shape index (κ3) is 11.3. The molecule has 0 saturated carbocycles. The first-order chi connectivity index (χ1) is 32.5. The van der Waals surface area contributed by atoms with Gasteiger partial charge in [-0.25, -0.2) is 4.98 Å². The van der Waals surface area contributed by atoms with Crippen molar-refractivity contribution in [2.75, 3.05) is 12.4 Å². The van der Waals surface area contributed by atoms with Gasteiger partial charge in [0.2, 0.25) is 11.0 Å². The number of benzene rings is 5. The topological polar surface area (TPSA) is 426 Å². The number of hydrogen-bond acceptors (Lipinski definition) is 22. The van der Waals surface area contributed by atoms with Crippen molar-refractivity contribution >= 4 is 116 Å². The Morgan fingerprint density at radius 1 is 0.600 bits per heavy atom. The molecule has 0 saturated heterocycles. The lowest BCUT2D eigenvalue weighted by Crippen LogP contribution is -2.08. The highest BCUT2D eigenvalue weighted by Crippen LogP contribution is 2.44. The summed E-state index contributed by atoms with van der Waals surface area (Å²) >= 11 is 0.841. The number of azo groups is 3. The molecule has 2 heterocycles. The van der Waals surface area contributed by atoms with Crippen LogP contribution in [0.1, 0.15) is 17.5 Å². The smallest absolute Gasteiger partial charge is 0.297 e. The number of thiazole rings is 1. The molecule has 70 heavy (non-hydrogen) atoms. The molecule has 27 nitrogen and oxygen atoms in total. The number of hydrogen-bond donors (Lipinski definition) is 7. The van der Waals surface area contributed by atoms with Crippen LogP contribution in [-0.2, 0) is 50.6 Å².